The van der Waals surface area contributed by atoms with Crippen LogP contribution in [0, 0.1) is 5.82 Å². The van der Waals surface area contributed by atoms with E-state index >= 15 is 0 Å². The fraction of sp³-hybridized carbons (Fsp3) is 0.545. The number of carbonyl (C=O) groups is 1. The fourth-order valence-corrected chi connectivity index (χ4v) is 2.33. The van der Waals surface area contributed by atoms with Gasteiger partial charge in [0.1, 0.15) is 0 Å². The van der Waals surface area contributed by atoms with Crippen molar-refractivity contribution in [2.75, 3.05) is 5.32 Å². The molecule has 8 heteroatoms. The highest BCUT2D eigenvalue weighted by molar-refractivity contribution is 6.28. The fourth-order valence-electron chi connectivity index (χ4n) is 2.20. The van der Waals surface area contributed by atoms with Crippen LogP contribution < -0.4 is 10.6 Å². The average Bonchev–Trinajstić information content (AvgIpc) is 2.35. The van der Waals surface area contributed by atoms with Crippen LogP contribution in [0.3, 0.4) is 0 Å². The minimum absolute atomic E-state index is 0.00914. The Labute approximate surface area is 114 Å². The van der Waals surface area contributed by atoms with Crippen molar-refractivity contribution in [3.05, 3.63) is 17.3 Å². The number of nitrogens with one attached hydrogen (secondary N) is 2. The van der Waals surface area contributed by atoms with Gasteiger partial charge in [0.05, 0.1) is 6.20 Å². The van der Waals surface area contributed by atoms with Crippen molar-refractivity contribution in [2.24, 2.45) is 0 Å². The van der Waals surface area contributed by atoms with Crippen LogP contribution in [0.1, 0.15) is 25.7 Å². The molecule has 0 bridgehead atoms. The number of amides is 1. The molecule has 0 radical (unpaired) electrons. The van der Waals surface area contributed by atoms with Gasteiger partial charge in [0, 0.05) is 12.1 Å². The minimum atomic E-state index is -1.01. The highest BCUT2D eigenvalue weighted by atomic mass is 35.5. The van der Waals surface area contributed by atoms with Crippen molar-refractivity contribution in [3.63, 3.8) is 0 Å². The lowest BCUT2D eigenvalue weighted by molar-refractivity contribution is 0.185. The SMILES string of the molecule is O=C(O)NC1CCC(Nc2nc(Cl)ncc2F)CC1. The summed E-state index contributed by atoms with van der Waals surface area (Å²) < 4.78 is 13.4. The van der Waals surface area contributed by atoms with Crippen molar-refractivity contribution in [3.8, 4) is 0 Å². The molecule has 6 nitrogen and oxygen atoms in total. The molecule has 0 saturated heterocycles. The zero-order chi connectivity index (χ0) is 13.8. The normalized spacial score (nSPS) is 22.8. The van der Waals surface area contributed by atoms with Gasteiger partial charge in [-0.3, -0.25) is 0 Å². The van der Waals surface area contributed by atoms with Gasteiger partial charge < -0.3 is 15.7 Å². The Kier molecular flexibility index (Phi) is 4.36. The monoisotopic (exact) mass is 288 g/mol. The van der Waals surface area contributed by atoms with Crippen LogP contribution in [-0.4, -0.2) is 33.3 Å². The molecule has 1 aromatic heterocycles. The Balaban J connectivity index is 1.88. The van der Waals surface area contributed by atoms with Crippen molar-refractivity contribution in [2.45, 2.75) is 37.8 Å². The van der Waals surface area contributed by atoms with Crippen LogP contribution in [-0.2, 0) is 0 Å². The molecule has 0 aliphatic heterocycles. The summed E-state index contributed by atoms with van der Waals surface area (Å²) in [6, 6.07) is 0.0293. The second-order valence-electron chi connectivity index (χ2n) is 4.48. The van der Waals surface area contributed by atoms with Gasteiger partial charge in [0.2, 0.25) is 5.28 Å². The highest BCUT2D eigenvalue weighted by Crippen LogP contribution is 2.23. The number of carboxylic acid groups (broad SMARTS) is 1. The lowest BCUT2D eigenvalue weighted by Crippen LogP contribution is -2.39. The van der Waals surface area contributed by atoms with Crippen molar-refractivity contribution < 1.29 is 14.3 Å². The van der Waals surface area contributed by atoms with Crippen LogP contribution in [0.5, 0.6) is 0 Å². The van der Waals surface area contributed by atoms with Gasteiger partial charge >= 0.3 is 6.09 Å². The van der Waals surface area contributed by atoms with Gasteiger partial charge in [-0.2, -0.15) is 4.98 Å². The molecule has 0 spiro atoms. The van der Waals surface area contributed by atoms with E-state index in [0.29, 0.717) is 12.8 Å². The van der Waals surface area contributed by atoms with Gasteiger partial charge in [0.15, 0.2) is 11.6 Å². The Morgan fingerprint density at radius 1 is 1.37 bits per heavy atom. The zero-order valence-corrected chi connectivity index (χ0v) is 10.8. The molecular weight excluding hydrogens is 275 g/mol. The number of anilines is 1. The number of hydrogen-bond acceptors (Lipinski definition) is 4. The summed E-state index contributed by atoms with van der Waals surface area (Å²) in [5, 5.41) is 14.0. The van der Waals surface area contributed by atoms with E-state index in [1.54, 1.807) is 0 Å². The third kappa shape index (κ3) is 3.92. The molecule has 1 fully saturated rings. The van der Waals surface area contributed by atoms with E-state index in [0.717, 1.165) is 19.0 Å². The molecular formula is C11H14ClFN4O2. The number of rotatable bonds is 3. The summed E-state index contributed by atoms with van der Waals surface area (Å²) in [4.78, 5) is 17.8. The Morgan fingerprint density at radius 2 is 2.00 bits per heavy atom. The topological polar surface area (TPSA) is 87.1 Å². The first-order valence-corrected chi connectivity index (χ1v) is 6.36. The van der Waals surface area contributed by atoms with Crippen LogP contribution in [0.2, 0.25) is 5.28 Å². The average molecular weight is 289 g/mol. The van der Waals surface area contributed by atoms with Crippen molar-refractivity contribution in [1.29, 1.82) is 0 Å². The smallest absolute Gasteiger partial charge is 0.404 e. The second-order valence-corrected chi connectivity index (χ2v) is 4.82. The van der Waals surface area contributed by atoms with Gasteiger partial charge in [-0.25, -0.2) is 14.2 Å². The van der Waals surface area contributed by atoms with E-state index in [-0.39, 0.29) is 23.2 Å². The summed E-state index contributed by atoms with van der Waals surface area (Å²) in [5.74, 6) is -0.454. The first-order chi connectivity index (χ1) is 9.04. The first-order valence-electron chi connectivity index (χ1n) is 5.98. The third-order valence-corrected chi connectivity index (χ3v) is 3.29. The molecule has 0 aromatic carbocycles. The molecule has 2 rings (SSSR count). The molecule has 0 unspecified atom stereocenters. The van der Waals surface area contributed by atoms with Gasteiger partial charge in [-0.05, 0) is 37.3 Å². The molecule has 1 aliphatic carbocycles. The first kappa shape index (κ1) is 13.8. The lowest BCUT2D eigenvalue weighted by Gasteiger charge is -2.29. The Hall–Kier alpha value is -1.63. The quantitative estimate of drug-likeness (QED) is 0.743. The Bertz CT molecular complexity index is 466. The molecule has 1 saturated carbocycles. The molecule has 0 atom stereocenters. The van der Waals surface area contributed by atoms with E-state index in [4.69, 9.17) is 16.7 Å². The second kappa shape index (κ2) is 6.01. The predicted octanol–water partition coefficient (Wildman–Crippen LogP) is 2.26. The standard InChI is InChI=1S/C11H14ClFN4O2/c12-10-14-5-8(13)9(17-10)15-6-1-3-7(4-2-6)16-11(18)19/h5-7,16H,1-4H2,(H,18,19)(H,14,15,17). The molecule has 3 N–H and O–H groups in total. The van der Waals surface area contributed by atoms with Gasteiger partial charge in [0.25, 0.3) is 0 Å². The molecule has 19 heavy (non-hydrogen) atoms. The highest BCUT2D eigenvalue weighted by Gasteiger charge is 2.23. The zero-order valence-electron chi connectivity index (χ0n) is 10.1. The van der Waals surface area contributed by atoms with Crippen molar-refractivity contribution in [1.82, 2.24) is 15.3 Å². The maximum Gasteiger partial charge on any atom is 0.404 e. The van der Waals surface area contributed by atoms with E-state index in [1.165, 1.54) is 0 Å². The summed E-state index contributed by atoms with van der Waals surface area (Å²) in [7, 11) is 0. The van der Waals surface area contributed by atoms with Crippen molar-refractivity contribution >= 4 is 23.5 Å². The molecule has 104 valence electrons. The largest absolute Gasteiger partial charge is 0.465 e. The van der Waals surface area contributed by atoms with E-state index in [9.17, 15) is 9.18 Å². The number of halogens is 2. The summed E-state index contributed by atoms with van der Waals surface area (Å²) in [5.41, 5.74) is 0. The number of aromatic nitrogens is 2. The van der Waals surface area contributed by atoms with Gasteiger partial charge in [-0.15, -0.1) is 0 Å². The summed E-state index contributed by atoms with van der Waals surface area (Å²) in [6.07, 6.45) is 2.92. The molecule has 1 aromatic rings. The lowest BCUT2D eigenvalue weighted by atomic mass is 9.91. The maximum absolute atomic E-state index is 13.4. The Morgan fingerprint density at radius 3 is 2.63 bits per heavy atom. The van der Waals surface area contributed by atoms with Crippen LogP contribution >= 0.6 is 11.6 Å². The van der Waals surface area contributed by atoms with E-state index < -0.39 is 11.9 Å². The number of nitrogens with zero attached hydrogens (tertiary/aromatic N) is 2. The minimum Gasteiger partial charge on any atom is -0.465 e. The van der Waals surface area contributed by atoms with E-state index in [1.807, 2.05) is 0 Å². The van der Waals surface area contributed by atoms with Crippen LogP contribution in [0.15, 0.2) is 6.20 Å². The molecule has 1 aliphatic rings. The molecule has 1 heterocycles. The third-order valence-electron chi connectivity index (χ3n) is 3.11. The maximum atomic E-state index is 13.4. The number of hydrogen-bond donors (Lipinski definition) is 3. The van der Waals surface area contributed by atoms with Crippen LogP contribution in [0.4, 0.5) is 15.0 Å². The van der Waals surface area contributed by atoms with E-state index in [2.05, 4.69) is 20.6 Å². The van der Waals surface area contributed by atoms with Crippen LogP contribution in [0.25, 0.3) is 0 Å². The summed E-state index contributed by atoms with van der Waals surface area (Å²) in [6.45, 7) is 0. The van der Waals surface area contributed by atoms with Gasteiger partial charge in [-0.1, -0.05) is 0 Å². The predicted molar refractivity (Wildman–Crippen MR) is 67.8 cm³/mol. The summed E-state index contributed by atoms with van der Waals surface area (Å²) >= 11 is 5.61. The molecule has 1 amide bonds.